The van der Waals surface area contributed by atoms with Crippen LogP contribution in [-0.4, -0.2) is 23.0 Å². The highest BCUT2D eigenvalue weighted by molar-refractivity contribution is 5.97. The summed E-state index contributed by atoms with van der Waals surface area (Å²) in [7, 11) is 0. The third-order valence-electron chi connectivity index (χ3n) is 6.49. The van der Waals surface area contributed by atoms with Crippen LogP contribution >= 0.6 is 0 Å². The summed E-state index contributed by atoms with van der Waals surface area (Å²) in [5, 5.41) is 13.2. The van der Waals surface area contributed by atoms with E-state index in [9.17, 15) is 14.7 Å². The van der Waals surface area contributed by atoms with E-state index in [0.29, 0.717) is 5.92 Å². The molecule has 2 aromatic rings. The Morgan fingerprint density at radius 2 is 1.43 bits per heavy atom. The van der Waals surface area contributed by atoms with Gasteiger partial charge in [0.05, 0.1) is 11.8 Å². The lowest BCUT2D eigenvalue weighted by Crippen LogP contribution is -2.44. The summed E-state index contributed by atoms with van der Waals surface area (Å²) in [6, 6.07) is 15.3. The summed E-state index contributed by atoms with van der Waals surface area (Å²) in [4.78, 5) is 25.6. The predicted molar refractivity (Wildman–Crippen MR) is 109 cm³/mol. The molecular weight excluding hydrogens is 350 g/mol. The molecule has 2 N–H and O–H groups in total. The Kier molecular flexibility index (Phi) is 5.21. The van der Waals surface area contributed by atoms with Gasteiger partial charge < -0.3 is 10.4 Å². The normalized spacial score (nSPS) is 22.6. The molecular formula is C24H27NO3. The van der Waals surface area contributed by atoms with Gasteiger partial charge in [-0.25, -0.2) is 0 Å². The zero-order chi connectivity index (χ0) is 19.7. The number of hydrogen-bond donors (Lipinski definition) is 2. The molecule has 146 valence electrons. The van der Waals surface area contributed by atoms with Gasteiger partial charge in [0.15, 0.2) is 0 Å². The average Bonchev–Trinajstić information content (AvgIpc) is 2.73. The van der Waals surface area contributed by atoms with Gasteiger partial charge in [0.2, 0.25) is 5.91 Å². The highest BCUT2D eigenvalue weighted by Crippen LogP contribution is 2.47. The van der Waals surface area contributed by atoms with Gasteiger partial charge in [0.25, 0.3) is 0 Å². The summed E-state index contributed by atoms with van der Waals surface area (Å²) >= 11 is 0. The van der Waals surface area contributed by atoms with Crippen LogP contribution in [0.3, 0.4) is 0 Å². The number of rotatable bonds is 4. The van der Waals surface area contributed by atoms with E-state index in [1.165, 1.54) is 19.3 Å². The molecule has 0 bridgehead atoms. The number of carboxylic acid groups (broad SMARTS) is 1. The first-order chi connectivity index (χ1) is 13.6. The Hall–Kier alpha value is -2.62. The molecule has 2 aliphatic carbocycles. The fourth-order valence-corrected chi connectivity index (χ4v) is 5.02. The molecule has 0 unspecified atom stereocenters. The first-order valence-corrected chi connectivity index (χ1v) is 10.3. The van der Waals surface area contributed by atoms with Crippen LogP contribution in [0.4, 0.5) is 0 Å². The minimum Gasteiger partial charge on any atom is -0.481 e. The molecule has 3 atom stereocenters. The third-order valence-corrected chi connectivity index (χ3v) is 6.49. The second kappa shape index (κ2) is 7.78. The fourth-order valence-electron chi connectivity index (χ4n) is 5.02. The average molecular weight is 377 g/mol. The number of benzene rings is 2. The van der Waals surface area contributed by atoms with E-state index in [1.54, 1.807) is 0 Å². The standard InChI is InChI=1S/C24H27NO3/c1-15(16-9-3-2-4-10-16)25-23(26)21-19-13-7-5-11-17(19)18-12-6-8-14-20(18)22(21)24(27)28/h5-8,11-16,21-22H,2-4,9-10H2,1H3,(H,25,26)(H,27,28)/t15-,21-,22+/m1/s1. The van der Waals surface area contributed by atoms with Gasteiger partial charge in [0, 0.05) is 6.04 Å². The maximum Gasteiger partial charge on any atom is 0.312 e. The summed E-state index contributed by atoms with van der Waals surface area (Å²) in [6.45, 7) is 2.06. The second-order valence-electron chi connectivity index (χ2n) is 8.16. The van der Waals surface area contributed by atoms with Crippen LogP contribution in [0.2, 0.25) is 0 Å². The maximum absolute atomic E-state index is 13.4. The van der Waals surface area contributed by atoms with Crippen LogP contribution < -0.4 is 5.32 Å². The lowest BCUT2D eigenvalue weighted by molar-refractivity contribution is -0.142. The van der Waals surface area contributed by atoms with Crippen LogP contribution in [0, 0.1) is 5.92 Å². The van der Waals surface area contributed by atoms with Crippen molar-refractivity contribution in [3.8, 4) is 11.1 Å². The van der Waals surface area contributed by atoms with Crippen LogP contribution in [0.15, 0.2) is 48.5 Å². The van der Waals surface area contributed by atoms with Gasteiger partial charge in [-0.15, -0.1) is 0 Å². The predicted octanol–water partition coefficient (Wildman–Crippen LogP) is 4.70. The minimum atomic E-state index is -0.951. The lowest BCUT2D eigenvalue weighted by Gasteiger charge is -2.34. The molecule has 4 heteroatoms. The molecule has 0 aliphatic heterocycles. The van der Waals surface area contributed by atoms with Crippen LogP contribution in [-0.2, 0) is 9.59 Å². The molecule has 0 aromatic heterocycles. The zero-order valence-electron chi connectivity index (χ0n) is 16.2. The molecule has 1 fully saturated rings. The number of nitrogens with one attached hydrogen (secondary N) is 1. The van der Waals surface area contributed by atoms with Gasteiger partial charge in [0.1, 0.15) is 0 Å². The summed E-state index contributed by atoms with van der Waals surface area (Å²) < 4.78 is 0. The van der Waals surface area contributed by atoms with Crippen molar-refractivity contribution in [3.63, 3.8) is 0 Å². The van der Waals surface area contributed by atoms with E-state index in [0.717, 1.165) is 35.1 Å². The number of hydrogen-bond acceptors (Lipinski definition) is 2. The number of carbonyl (C=O) groups is 2. The van der Waals surface area contributed by atoms with Crippen molar-refractivity contribution in [1.29, 1.82) is 0 Å². The van der Waals surface area contributed by atoms with Gasteiger partial charge in [-0.2, -0.15) is 0 Å². The number of aliphatic carboxylic acids is 1. The van der Waals surface area contributed by atoms with Crippen LogP contribution in [0.5, 0.6) is 0 Å². The number of fused-ring (bicyclic) bond motifs is 3. The molecule has 4 rings (SSSR count). The molecule has 2 aliphatic rings. The molecule has 0 saturated heterocycles. The van der Waals surface area contributed by atoms with Gasteiger partial charge in [-0.1, -0.05) is 67.8 Å². The van der Waals surface area contributed by atoms with E-state index >= 15 is 0 Å². The Bertz CT molecular complexity index is 885. The fraction of sp³-hybridized carbons (Fsp3) is 0.417. The maximum atomic E-state index is 13.4. The van der Waals surface area contributed by atoms with E-state index in [-0.39, 0.29) is 11.9 Å². The third kappa shape index (κ3) is 3.32. The van der Waals surface area contributed by atoms with Crippen molar-refractivity contribution in [1.82, 2.24) is 5.32 Å². The highest BCUT2D eigenvalue weighted by atomic mass is 16.4. The van der Waals surface area contributed by atoms with Crippen molar-refractivity contribution in [3.05, 3.63) is 59.7 Å². The number of amides is 1. The van der Waals surface area contributed by atoms with Crippen molar-refractivity contribution in [2.45, 2.75) is 56.9 Å². The number of carboxylic acids is 1. The van der Waals surface area contributed by atoms with E-state index in [2.05, 4.69) is 12.2 Å². The number of carbonyl (C=O) groups excluding carboxylic acids is 1. The Balaban J connectivity index is 1.70. The van der Waals surface area contributed by atoms with Crippen molar-refractivity contribution in [2.75, 3.05) is 0 Å². The molecule has 1 saturated carbocycles. The molecule has 1 amide bonds. The van der Waals surface area contributed by atoms with E-state index in [1.807, 2.05) is 48.5 Å². The molecule has 28 heavy (non-hydrogen) atoms. The first kappa shape index (κ1) is 18.7. The van der Waals surface area contributed by atoms with Gasteiger partial charge in [-0.05, 0) is 47.9 Å². The monoisotopic (exact) mass is 377 g/mol. The summed E-state index contributed by atoms with van der Waals surface area (Å²) in [5.74, 6) is -2.23. The van der Waals surface area contributed by atoms with Crippen LogP contribution in [0.25, 0.3) is 11.1 Å². The Labute approximate surface area is 166 Å². The van der Waals surface area contributed by atoms with E-state index in [4.69, 9.17) is 0 Å². The quantitative estimate of drug-likeness (QED) is 0.811. The largest absolute Gasteiger partial charge is 0.481 e. The second-order valence-corrected chi connectivity index (χ2v) is 8.16. The molecule has 0 heterocycles. The highest BCUT2D eigenvalue weighted by Gasteiger charge is 2.42. The van der Waals surface area contributed by atoms with Crippen LogP contribution in [0.1, 0.15) is 62.0 Å². The topological polar surface area (TPSA) is 66.4 Å². The summed E-state index contributed by atoms with van der Waals surface area (Å²) in [6.07, 6.45) is 5.96. The Morgan fingerprint density at radius 3 is 2.00 bits per heavy atom. The molecule has 4 nitrogen and oxygen atoms in total. The first-order valence-electron chi connectivity index (χ1n) is 10.3. The molecule has 2 aromatic carbocycles. The Morgan fingerprint density at radius 1 is 0.893 bits per heavy atom. The van der Waals surface area contributed by atoms with Crippen molar-refractivity contribution >= 4 is 11.9 Å². The summed E-state index contributed by atoms with van der Waals surface area (Å²) in [5.41, 5.74) is 3.40. The molecule has 0 radical (unpaired) electrons. The smallest absolute Gasteiger partial charge is 0.312 e. The minimum absolute atomic E-state index is 0.0616. The van der Waals surface area contributed by atoms with Gasteiger partial charge >= 0.3 is 5.97 Å². The molecule has 0 spiro atoms. The van der Waals surface area contributed by atoms with E-state index < -0.39 is 17.8 Å². The van der Waals surface area contributed by atoms with Crippen molar-refractivity contribution < 1.29 is 14.7 Å². The SMILES string of the molecule is C[C@@H](NC(=O)[C@@H]1c2ccccc2-c2ccccc2[C@@H]1C(=O)O)C1CCCCC1. The zero-order valence-corrected chi connectivity index (χ0v) is 16.2. The van der Waals surface area contributed by atoms with Crippen molar-refractivity contribution in [2.24, 2.45) is 5.92 Å². The lowest BCUT2D eigenvalue weighted by atomic mass is 9.71. The van der Waals surface area contributed by atoms with Gasteiger partial charge in [-0.3, -0.25) is 9.59 Å².